The molecule has 0 aromatic heterocycles. The van der Waals surface area contributed by atoms with Crippen molar-refractivity contribution in [1.82, 2.24) is 0 Å². The third-order valence-electron chi connectivity index (χ3n) is 2.68. The lowest BCUT2D eigenvalue weighted by molar-refractivity contribution is -0.136. The fourth-order valence-electron chi connectivity index (χ4n) is 1.54. The highest BCUT2D eigenvalue weighted by Crippen LogP contribution is 2.23. The zero-order valence-corrected chi connectivity index (χ0v) is 11.9. The Labute approximate surface area is 114 Å². The number of carbonyl (C=O) groups excluding carboxylic acids is 1. The van der Waals surface area contributed by atoms with Gasteiger partial charge in [-0.1, -0.05) is 51.0 Å². The summed E-state index contributed by atoms with van der Waals surface area (Å²) in [4.78, 5) is 11.1. The smallest absolute Gasteiger partial charge is 0.384 e. The maximum atomic E-state index is 11.1. The number of aliphatic hydroxyl groups excluding tert-OH is 1. The number of benzene rings is 1. The molecule has 0 saturated heterocycles. The van der Waals surface area contributed by atoms with Gasteiger partial charge < -0.3 is 9.84 Å². The van der Waals surface area contributed by atoms with Crippen LogP contribution in [0.4, 0.5) is 0 Å². The first-order valence-electron chi connectivity index (χ1n) is 6.31. The Morgan fingerprint density at radius 1 is 1.32 bits per heavy atom. The highest BCUT2D eigenvalue weighted by molar-refractivity contribution is 5.88. The predicted molar refractivity (Wildman–Crippen MR) is 74.5 cm³/mol. The molecule has 0 aliphatic heterocycles. The summed E-state index contributed by atoms with van der Waals surface area (Å²) in [7, 11) is 0. The number of carbonyl (C=O) groups is 1. The van der Waals surface area contributed by atoms with Crippen LogP contribution >= 0.6 is 0 Å². The van der Waals surface area contributed by atoms with Gasteiger partial charge in [-0.2, -0.15) is 0 Å². The second-order valence-electron chi connectivity index (χ2n) is 5.26. The van der Waals surface area contributed by atoms with Crippen LogP contribution in [0.25, 0.3) is 0 Å². The van der Waals surface area contributed by atoms with E-state index in [1.807, 2.05) is 24.3 Å². The van der Waals surface area contributed by atoms with Gasteiger partial charge >= 0.3 is 5.97 Å². The molecule has 0 aliphatic carbocycles. The van der Waals surface area contributed by atoms with Gasteiger partial charge in [-0.05, 0) is 23.5 Å². The number of hydrogen-bond acceptors (Lipinski definition) is 3. The van der Waals surface area contributed by atoms with E-state index in [0.717, 1.165) is 0 Å². The van der Waals surface area contributed by atoms with Crippen LogP contribution in [-0.4, -0.2) is 17.7 Å². The lowest BCUT2D eigenvalue weighted by Crippen LogP contribution is -2.11. The molecule has 102 valence electrons. The van der Waals surface area contributed by atoms with Crippen LogP contribution in [0.2, 0.25) is 0 Å². The van der Waals surface area contributed by atoms with Gasteiger partial charge in [0.25, 0.3) is 0 Å². The van der Waals surface area contributed by atoms with Gasteiger partial charge in [0.15, 0.2) is 0 Å². The normalized spacial score (nSPS) is 12.3. The van der Waals surface area contributed by atoms with Crippen LogP contribution in [0.5, 0.6) is 0 Å². The van der Waals surface area contributed by atoms with E-state index in [0.29, 0.717) is 5.56 Å². The number of hydrogen-bond donors (Lipinski definition) is 1. The molecule has 1 aromatic carbocycles. The minimum atomic E-state index is -0.974. The Morgan fingerprint density at radius 2 is 1.89 bits per heavy atom. The molecule has 1 rings (SSSR count). The second kappa shape index (κ2) is 6.40. The highest BCUT2D eigenvalue weighted by atomic mass is 16.5. The molecule has 19 heavy (non-hydrogen) atoms. The van der Waals surface area contributed by atoms with Crippen molar-refractivity contribution >= 4 is 5.97 Å². The van der Waals surface area contributed by atoms with E-state index in [4.69, 9.17) is 0 Å². The molecule has 0 aliphatic rings. The third-order valence-corrected chi connectivity index (χ3v) is 2.68. The van der Waals surface area contributed by atoms with Gasteiger partial charge in [-0.25, -0.2) is 4.79 Å². The number of esters is 1. The largest absolute Gasteiger partial charge is 0.456 e. The Morgan fingerprint density at radius 3 is 2.37 bits per heavy atom. The van der Waals surface area contributed by atoms with Crippen LogP contribution in [0.1, 0.15) is 44.9 Å². The summed E-state index contributed by atoms with van der Waals surface area (Å²) < 4.78 is 4.67. The Kier molecular flexibility index (Phi) is 5.14. The molecule has 0 heterocycles. The summed E-state index contributed by atoms with van der Waals surface area (Å²) in [5.74, 6) is 4.12. The molecule has 1 N–H and O–H groups in total. The lowest BCUT2D eigenvalue weighted by Gasteiger charge is -2.19. The van der Waals surface area contributed by atoms with Crippen molar-refractivity contribution in [2.75, 3.05) is 6.61 Å². The summed E-state index contributed by atoms with van der Waals surface area (Å²) in [6.07, 6.45) is -0.974. The number of rotatable bonds is 2. The van der Waals surface area contributed by atoms with Crippen LogP contribution in [-0.2, 0) is 14.9 Å². The van der Waals surface area contributed by atoms with Crippen molar-refractivity contribution in [2.24, 2.45) is 0 Å². The average molecular weight is 260 g/mol. The molecule has 0 bridgehead atoms. The molecule has 1 atom stereocenters. The summed E-state index contributed by atoms with van der Waals surface area (Å²) in [6.45, 7) is 8.36. The minimum absolute atomic E-state index is 0.0695. The molecular weight excluding hydrogens is 240 g/mol. The fourth-order valence-corrected chi connectivity index (χ4v) is 1.54. The van der Waals surface area contributed by atoms with E-state index < -0.39 is 12.1 Å². The molecule has 0 fully saturated rings. The molecule has 1 unspecified atom stereocenters. The Hall–Kier alpha value is -1.79. The maximum Gasteiger partial charge on any atom is 0.384 e. The van der Waals surface area contributed by atoms with Crippen LogP contribution in [0, 0.1) is 11.8 Å². The zero-order valence-electron chi connectivity index (χ0n) is 11.9. The average Bonchev–Trinajstić information content (AvgIpc) is 2.35. The SMILES string of the molecule is CCOC(=O)C#CC(O)c1ccc(C(C)(C)C)cc1. The quantitative estimate of drug-likeness (QED) is 0.505. The van der Waals surface area contributed by atoms with Crippen LogP contribution in [0.15, 0.2) is 24.3 Å². The van der Waals surface area contributed by atoms with Gasteiger partial charge in [0, 0.05) is 5.92 Å². The fraction of sp³-hybridized carbons (Fsp3) is 0.438. The van der Waals surface area contributed by atoms with Crippen molar-refractivity contribution in [3.8, 4) is 11.8 Å². The molecule has 0 spiro atoms. The number of aliphatic hydroxyl groups is 1. The molecule has 0 amide bonds. The summed E-state index contributed by atoms with van der Waals surface area (Å²) in [6, 6.07) is 7.57. The first kappa shape index (κ1) is 15.3. The maximum absolute atomic E-state index is 11.1. The Balaban J connectivity index is 2.78. The van der Waals surface area contributed by atoms with Gasteiger partial charge in [0.1, 0.15) is 6.10 Å². The summed E-state index contributed by atoms with van der Waals surface area (Å²) in [5.41, 5.74) is 1.92. The van der Waals surface area contributed by atoms with Gasteiger partial charge in [-0.3, -0.25) is 0 Å². The van der Waals surface area contributed by atoms with Gasteiger partial charge in [0.2, 0.25) is 0 Å². The van der Waals surface area contributed by atoms with E-state index in [-0.39, 0.29) is 12.0 Å². The lowest BCUT2D eigenvalue weighted by atomic mass is 9.86. The standard InChI is InChI=1S/C16H20O3/c1-5-19-15(18)11-10-14(17)12-6-8-13(9-7-12)16(2,3)4/h6-9,14,17H,5H2,1-4H3. The Bertz CT molecular complexity index is 483. The van der Waals surface area contributed by atoms with Crippen molar-refractivity contribution in [3.63, 3.8) is 0 Å². The second-order valence-corrected chi connectivity index (χ2v) is 5.26. The molecular formula is C16H20O3. The molecule has 0 radical (unpaired) electrons. The first-order valence-corrected chi connectivity index (χ1v) is 6.31. The molecule has 3 heteroatoms. The summed E-state index contributed by atoms with van der Waals surface area (Å²) in [5, 5.41) is 9.85. The van der Waals surface area contributed by atoms with Crippen LogP contribution < -0.4 is 0 Å². The molecule has 0 saturated carbocycles. The van der Waals surface area contributed by atoms with E-state index in [1.165, 1.54) is 5.56 Å². The van der Waals surface area contributed by atoms with Crippen LogP contribution in [0.3, 0.4) is 0 Å². The van der Waals surface area contributed by atoms with E-state index >= 15 is 0 Å². The molecule has 3 nitrogen and oxygen atoms in total. The first-order chi connectivity index (χ1) is 8.84. The summed E-state index contributed by atoms with van der Waals surface area (Å²) >= 11 is 0. The predicted octanol–water partition coefficient (Wildman–Crippen LogP) is 2.58. The van der Waals surface area contributed by atoms with E-state index in [2.05, 4.69) is 37.3 Å². The van der Waals surface area contributed by atoms with E-state index in [9.17, 15) is 9.90 Å². The monoisotopic (exact) mass is 260 g/mol. The van der Waals surface area contributed by atoms with Crippen molar-refractivity contribution in [3.05, 3.63) is 35.4 Å². The third kappa shape index (κ3) is 4.76. The minimum Gasteiger partial charge on any atom is -0.456 e. The van der Waals surface area contributed by atoms with Gasteiger partial charge in [0.05, 0.1) is 6.61 Å². The van der Waals surface area contributed by atoms with Crippen molar-refractivity contribution in [1.29, 1.82) is 0 Å². The topological polar surface area (TPSA) is 46.5 Å². The van der Waals surface area contributed by atoms with E-state index in [1.54, 1.807) is 6.92 Å². The zero-order chi connectivity index (χ0) is 14.5. The van der Waals surface area contributed by atoms with Crippen molar-refractivity contribution < 1.29 is 14.6 Å². The highest BCUT2D eigenvalue weighted by Gasteiger charge is 2.13. The number of ether oxygens (including phenoxy) is 1. The van der Waals surface area contributed by atoms with Crippen molar-refractivity contribution in [2.45, 2.75) is 39.2 Å². The molecule has 1 aromatic rings. The van der Waals surface area contributed by atoms with Gasteiger partial charge in [-0.15, -0.1) is 0 Å².